The predicted molar refractivity (Wildman–Crippen MR) is 94.9 cm³/mol. The molecule has 3 aromatic rings. The lowest BCUT2D eigenvalue weighted by molar-refractivity contribution is 0.139. The highest BCUT2D eigenvalue weighted by molar-refractivity contribution is 8.03. The Hall–Kier alpha value is -2.54. The lowest BCUT2D eigenvalue weighted by atomic mass is 9.89. The first-order chi connectivity index (χ1) is 13.4. The Morgan fingerprint density at radius 1 is 1.21 bits per heavy atom. The van der Waals surface area contributed by atoms with E-state index in [1.54, 1.807) is 12.1 Å². The van der Waals surface area contributed by atoms with Crippen LogP contribution in [0.2, 0.25) is 5.02 Å². The number of aromatic nitrogens is 3. The first-order valence-electron chi connectivity index (χ1n) is 7.94. The number of alkyl halides is 1. The third kappa shape index (κ3) is 2.85. The molecule has 10 heteroatoms. The number of nitrogens with zero attached hydrogens (tertiary/aromatic N) is 4. The molecule has 1 aliphatic rings. The molecule has 142 valence electrons. The van der Waals surface area contributed by atoms with E-state index in [4.69, 9.17) is 21.6 Å². The van der Waals surface area contributed by atoms with Crippen molar-refractivity contribution in [1.29, 1.82) is 5.26 Å². The van der Waals surface area contributed by atoms with Crippen LogP contribution < -0.4 is 0 Å². The Bertz CT molecular complexity index is 1100. The summed E-state index contributed by atoms with van der Waals surface area (Å²) in [5.41, 5.74) is -2.05. The molecule has 0 aliphatic carbocycles. The van der Waals surface area contributed by atoms with E-state index >= 15 is 4.39 Å². The second kappa shape index (κ2) is 6.81. The topological polar surface area (TPSA) is 67.0 Å². The van der Waals surface area contributed by atoms with Crippen LogP contribution in [0.5, 0.6) is 0 Å². The monoisotopic (exact) mass is 422 g/mol. The summed E-state index contributed by atoms with van der Waals surface area (Å²) < 4.78 is 50.7. The number of halogens is 4. The van der Waals surface area contributed by atoms with Gasteiger partial charge in [0.1, 0.15) is 23.4 Å². The van der Waals surface area contributed by atoms with Crippen LogP contribution in [0.4, 0.5) is 13.2 Å². The van der Waals surface area contributed by atoms with Gasteiger partial charge in [0.15, 0.2) is 5.60 Å². The Morgan fingerprint density at radius 2 is 2.00 bits per heavy atom. The second-order valence-corrected chi connectivity index (χ2v) is 7.18. The van der Waals surface area contributed by atoms with Crippen LogP contribution in [0, 0.1) is 22.3 Å². The Balaban J connectivity index is 1.85. The van der Waals surface area contributed by atoms with Gasteiger partial charge in [0, 0.05) is 34.0 Å². The molecular weight excluding hydrogens is 413 g/mol. The molecule has 28 heavy (non-hydrogen) atoms. The van der Waals surface area contributed by atoms with E-state index in [-0.39, 0.29) is 27.9 Å². The molecule has 1 fully saturated rings. The van der Waals surface area contributed by atoms with E-state index in [0.717, 1.165) is 12.1 Å². The minimum absolute atomic E-state index is 0.00925. The molecule has 2 atom stereocenters. The van der Waals surface area contributed by atoms with Gasteiger partial charge in [-0.25, -0.2) is 22.8 Å². The molecule has 0 bridgehead atoms. The molecule has 1 aromatic heterocycles. The second-order valence-electron chi connectivity index (χ2n) is 6.02. The van der Waals surface area contributed by atoms with E-state index in [1.165, 1.54) is 23.1 Å². The van der Waals surface area contributed by atoms with Crippen LogP contribution in [-0.4, -0.2) is 14.8 Å². The quantitative estimate of drug-likeness (QED) is 0.343. The summed E-state index contributed by atoms with van der Waals surface area (Å²) in [5.74, 6) is -4.26. The molecule has 2 aromatic carbocycles. The minimum Gasteiger partial charge on any atom is -0.319 e. The maximum absolute atomic E-state index is 16.0. The lowest BCUT2D eigenvalue weighted by Gasteiger charge is -2.18. The molecule has 0 spiro atoms. The average Bonchev–Trinajstić information content (AvgIpc) is 3.01. The van der Waals surface area contributed by atoms with Gasteiger partial charge in [0.2, 0.25) is 5.16 Å². The average molecular weight is 423 g/mol. The van der Waals surface area contributed by atoms with Crippen molar-refractivity contribution in [2.24, 2.45) is 0 Å². The predicted octanol–water partition coefficient (Wildman–Crippen LogP) is 4.53. The van der Waals surface area contributed by atoms with Gasteiger partial charge in [-0.2, -0.15) is 10.4 Å². The normalized spacial score (nSPS) is 23.4. The number of benzene rings is 2. The van der Waals surface area contributed by atoms with Gasteiger partial charge in [0.05, 0.1) is 6.54 Å². The van der Waals surface area contributed by atoms with Crippen LogP contribution in [0.3, 0.4) is 0 Å². The zero-order valence-corrected chi connectivity index (χ0v) is 15.5. The lowest BCUT2D eigenvalue weighted by Crippen LogP contribution is -2.27. The number of nitriles is 1. The smallest absolute Gasteiger partial charge is 0.273 e. The van der Waals surface area contributed by atoms with Crippen LogP contribution >= 0.6 is 23.4 Å². The Labute approximate surface area is 166 Å². The Morgan fingerprint density at radius 3 is 2.71 bits per heavy atom. The van der Waals surface area contributed by atoms with E-state index in [0.29, 0.717) is 17.8 Å². The molecule has 0 radical (unpaired) electrons. The van der Waals surface area contributed by atoms with Crippen molar-refractivity contribution in [3.8, 4) is 5.40 Å². The summed E-state index contributed by atoms with van der Waals surface area (Å²) in [6.45, 7) is -0.304. The van der Waals surface area contributed by atoms with Crippen LogP contribution in [0.15, 0.2) is 53.9 Å². The van der Waals surface area contributed by atoms with E-state index in [2.05, 4.69) is 10.1 Å². The van der Waals surface area contributed by atoms with Gasteiger partial charge in [-0.3, -0.25) is 0 Å². The largest absolute Gasteiger partial charge is 0.319 e. The van der Waals surface area contributed by atoms with Crippen molar-refractivity contribution in [3.63, 3.8) is 0 Å². The molecule has 1 aliphatic heterocycles. The summed E-state index contributed by atoms with van der Waals surface area (Å²) >= 11 is 6.85. The molecule has 0 amide bonds. The summed E-state index contributed by atoms with van der Waals surface area (Å²) in [6.07, 6.45) is 1.19. The number of ether oxygens (including phenoxy) is 1. The number of hydrogen-bond acceptors (Lipinski definition) is 5. The molecule has 5 nitrogen and oxygen atoms in total. The minimum atomic E-state index is -2.48. The van der Waals surface area contributed by atoms with Gasteiger partial charge in [0.25, 0.3) is 5.85 Å². The van der Waals surface area contributed by atoms with Crippen molar-refractivity contribution >= 4 is 23.4 Å². The molecule has 0 saturated carbocycles. The zero-order chi connectivity index (χ0) is 19.9. The summed E-state index contributed by atoms with van der Waals surface area (Å²) in [4.78, 5) is 3.92. The van der Waals surface area contributed by atoms with Gasteiger partial charge in [-0.1, -0.05) is 29.8 Å². The number of thiocyanates is 1. The van der Waals surface area contributed by atoms with Crippen LogP contribution in [0.1, 0.15) is 11.1 Å². The summed E-state index contributed by atoms with van der Waals surface area (Å²) in [5, 5.41) is 15.0. The van der Waals surface area contributed by atoms with Crippen LogP contribution in [-0.2, 0) is 22.7 Å². The maximum atomic E-state index is 16.0. The number of hydrogen-bond donors (Lipinski definition) is 0. The third-order valence-electron chi connectivity index (χ3n) is 4.47. The number of rotatable bonds is 5. The summed E-state index contributed by atoms with van der Waals surface area (Å²) in [7, 11) is 0. The maximum Gasteiger partial charge on any atom is 0.273 e. The SMILES string of the molecule is N#CSc1ncnn1C[C@]1(c2ccc(F)cc2F)O[C@]1(F)c1ccccc1Cl. The van der Waals surface area contributed by atoms with Crippen LogP contribution in [0.25, 0.3) is 0 Å². The van der Waals surface area contributed by atoms with Crippen molar-refractivity contribution in [2.45, 2.75) is 23.2 Å². The standard InChI is InChI=1S/C18H10ClF3N4OS/c19-14-4-2-1-3-12(14)18(22)17(27-18,13-6-5-11(20)7-15(13)21)8-26-16(28-9-23)24-10-25-26/h1-7,10H,8H2/t17-,18-/m1/s1. The fraction of sp³-hybridized carbons (Fsp3) is 0.167. The highest BCUT2D eigenvalue weighted by Crippen LogP contribution is 2.65. The van der Waals surface area contributed by atoms with Gasteiger partial charge in [-0.15, -0.1) is 0 Å². The fourth-order valence-electron chi connectivity index (χ4n) is 3.17. The fourth-order valence-corrected chi connectivity index (χ4v) is 3.82. The highest BCUT2D eigenvalue weighted by atomic mass is 35.5. The van der Waals surface area contributed by atoms with Crippen molar-refractivity contribution < 1.29 is 17.9 Å². The molecule has 0 unspecified atom stereocenters. The summed E-state index contributed by atoms with van der Waals surface area (Å²) in [6, 6.07) is 8.89. The van der Waals surface area contributed by atoms with Crippen molar-refractivity contribution in [3.05, 3.63) is 76.6 Å². The molecule has 0 N–H and O–H groups in total. The van der Waals surface area contributed by atoms with Crippen molar-refractivity contribution in [2.75, 3.05) is 0 Å². The van der Waals surface area contributed by atoms with E-state index < -0.39 is 23.1 Å². The first-order valence-corrected chi connectivity index (χ1v) is 9.14. The van der Waals surface area contributed by atoms with Crippen molar-refractivity contribution in [1.82, 2.24) is 14.8 Å². The molecule has 2 heterocycles. The molecule has 4 rings (SSSR count). The third-order valence-corrected chi connectivity index (χ3v) is 5.39. The molecular formula is C18H10ClF3N4OS. The van der Waals surface area contributed by atoms with Gasteiger partial charge in [-0.05, 0) is 18.2 Å². The molecule has 1 saturated heterocycles. The zero-order valence-electron chi connectivity index (χ0n) is 13.9. The van der Waals surface area contributed by atoms with Gasteiger partial charge >= 0.3 is 0 Å². The number of epoxide rings is 1. The Kier molecular flexibility index (Phi) is 4.57. The number of thioether (sulfide) groups is 1. The first kappa shape index (κ1) is 18.8. The van der Waals surface area contributed by atoms with Gasteiger partial charge < -0.3 is 4.74 Å². The van der Waals surface area contributed by atoms with E-state index in [1.807, 2.05) is 5.40 Å². The highest BCUT2D eigenvalue weighted by Gasteiger charge is 2.75. The van der Waals surface area contributed by atoms with E-state index in [9.17, 15) is 8.78 Å².